The minimum absolute atomic E-state index is 0.688. The van der Waals surface area contributed by atoms with E-state index in [0.29, 0.717) is 5.82 Å². The van der Waals surface area contributed by atoms with E-state index in [9.17, 15) is 0 Å². The maximum absolute atomic E-state index is 5.38. The molecule has 0 atom stereocenters. The van der Waals surface area contributed by atoms with E-state index in [0.717, 1.165) is 83.6 Å². The normalized spacial score (nSPS) is 11.3. The molecule has 3 aromatic heterocycles. The molecule has 258 valence electrons. The highest BCUT2D eigenvalue weighted by atomic mass is 15.2. The second-order valence-corrected chi connectivity index (χ2v) is 13.7. The predicted octanol–water partition coefficient (Wildman–Crippen LogP) is 12.9. The molecule has 0 unspecified atom stereocenters. The van der Waals surface area contributed by atoms with Gasteiger partial charge in [-0.05, 0) is 46.3 Å². The standard InChI is InChI=1S/C51H34N4/c1-6-17-35(18-7-1)40-27-16-28-41(31-40)45-34-46(53-51(52-45)39-25-14-5-15-26-39)42-29-30-44-43(32-42)33-47(36-19-8-2-9-20-36)55-50(44)48(37-21-10-3-11-22-37)49(54-55)38-23-12-4-13-24-38/h1-34H. The van der Waals surface area contributed by atoms with Gasteiger partial charge in [-0.25, -0.2) is 14.5 Å². The topological polar surface area (TPSA) is 43.1 Å². The molecule has 10 aromatic rings. The molecule has 0 radical (unpaired) electrons. The Labute approximate surface area is 319 Å². The molecular weight excluding hydrogens is 669 g/mol. The molecule has 3 heterocycles. The van der Waals surface area contributed by atoms with E-state index in [2.05, 4.69) is 187 Å². The number of pyridine rings is 1. The SMILES string of the molecule is c1ccc(-c2cccc(-c3cc(-c4ccc5c(c4)cc(-c4ccccc4)n4nc(-c6ccccc6)c(-c6ccccc6)c54)nc(-c4ccccc4)n3)c2)cc1. The molecule has 4 nitrogen and oxygen atoms in total. The van der Waals surface area contributed by atoms with Crippen LogP contribution in [0.4, 0.5) is 0 Å². The first-order valence-electron chi connectivity index (χ1n) is 18.5. The van der Waals surface area contributed by atoms with E-state index in [4.69, 9.17) is 15.1 Å². The van der Waals surface area contributed by atoms with Crippen LogP contribution < -0.4 is 0 Å². The third kappa shape index (κ3) is 6.06. The molecular formula is C51H34N4. The summed E-state index contributed by atoms with van der Waals surface area (Å²) in [6.45, 7) is 0. The summed E-state index contributed by atoms with van der Waals surface area (Å²) in [4.78, 5) is 10.4. The summed E-state index contributed by atoms with van der Waals surface area (Å²) in [5.74, 6) is 0.688. The van der Waals surface area contributed by atoms with Crippen LogP contribution in [0.25, 0.3) is 95.0 Å². The highest BCUT2D eigenvalue weighted by Crippen LogP contribution is 2.42. The molecule has 0 amide bonds. The smallest absolute Gasteiger partial charge is 0.160 e. The lowest BCUT2D eigenvalue weighted by atomic mass is 9.95. The molecule has 0 aliphatic carbocycles. The van der Waals surface area contributed by atoms with Gasteiger partial charge in [0, 0.05) is 38.8 Å². The fraction of sp³-hybridized carbons (Fsp3) is 0. The summed E-state index contributed by atoms with van der Waals surface area (Å²) < 4.78 is 2.14. The lowest BCUT2D eigenvalue weighted by Gasteiger charge is -2.13. The Hall–Kier alpha value is -7.43. The van der Waals surface area contributed by atoms with Crippen molar-refractivity contribution in [2.24, 2.45) is 0 Å². The third-order valence-electron chi connectivity index (χ3n) is 10.2. The van der Waals surface area contributed by atoms with Crippen molar-refractivity contribution in [2.45, 2.75) is 0 Å². The predicted molar refractivity (Wildman–Crippen MR) is 226 cm³/mol. The zero-order chi connectivity index (χ0) is 36.6. The van der Waals surface area contributed by atoms with E-state index < -0.39 is 0 Å². The van der Waals surface area contributed by atoms with Crippen molar-refractivity contribution in [1.82, 2.24) is 19.6 Å². The van der Waals surface area contributed by atoms with Gasteiger partial charge in [-0.2, -0.15) is 5.10 Å². The molecule has 0 aliphatic heterocycles. The number of rotatable bonds is 7. The van der Waals surface area contributed by atoms with Crippen LogP contribution in [0.3, 0.4) is 0 Å². The first-order valence-corrected chi connectivity index (χ1v) is 18.5. The molecule has 7 aromatic carbocycles. The second-order valence-electron chi connectivity index (χ2n) is 13.7. The van der Waals surface area contributed by atoms with Crippen molar-refractivity contribution in [3.05, 3.63) is 206 Å². The number of aromatic nitrogens is 4. The van der Waals surface area contributed by atoms with Crippen LogP contribution in [0, 0.1) is 0 Å². The lowest BCUT2D eigenvalue weighted by Crippen LogP contribution is -1.97. The van der Waals surface area contributed by atoms with Crippen LogP contribution in [0.15, 0.2) is 206 Å². The summed E-state index contributed by atoms with van der Waals surface area (Å²) in [6.07, 6.45) is 0. The molecule has 0 spiro atoms. The molecule has 0 bridgehead atoms. The van der Waals surface area contributed by atoms with Gasteiger partial charge in [0.15, 0.2) is 5.82 Å². The number of benzene rings is 7. The first-order chi connectivity index (χ1) is 27.3. The minimum Gasteiger partial charge on any atom is -0.231 e. The van der Waals surface area contributed by atoms with Crippen LogP contribution >= 0.6 is 0 Å². The van der Waals surface area contributed by atoms with E-state index >= 15 is 0 Å². The zero-order valence-electron chi connectivity index (χ0n) is 29.9. The first kappa shape index (κ1) is 32.2. The number of nitrogens with zero attached hydrogens (tertiary/aromatic N) is 4. The Morgan fingerprint density at radius 1 is 0.345 bits per heavy atom. The van der Waals surface area contributed by atoms with Crippen molar-refractivity contribution < 1.29 is 0 Å². The van der Waals surface area contributed by atoms with Gasteiger partial charge in [-0.1, -0.05) is 182 Å². The van der Waals surface area contributed by atoms with Crippen LogP contribution in [-0.4, -0.2) is 19.6 Å². The molecule has 0 fully saturated rings. The van der Waals surface area contributed by atoms with Crippen molar-refractivity contribution in [1.29, 1.82) is 0 Å². The van der Waals surface area contributed by atoms with E-state index in [1.54, 1.807) is 0 Å². The van der Waals surface area contributed by atoms with Crippen LogP contribution in [0.2, 0.25) is 0 Å². The minimum atomic E-state index is 0.688. The highest BCUT2D eigenvalue weighted by Gasteiger charge is 2.22. The van der Waals surface area contributed by atoms with Gasteiger partial charge in [-0.3, -0.25) is 0 Å². The van der Waals surface area contributed by atoms with Crippen LogP contribution in [0.1, 0.15) is 0 Å². The molecule has 0 saturated heterocycles. The van der Waals surface area contributed by atoms with E-state index in [-0.39, 0.29) is 0 Å². The Morgan fingerprint density at radius 2 is 0.855 bits per heavy atom. The van der Waals surface area contributed by atoms with Gasteiger partial charge >= 0.3 is 0 Å². The maximum Gasteiger partial charge on any atom is 0.160 e. The van der Waals surface area contributed by atoms with Crippen molar-refractivity contribution in [3.63, 3.8) is 0 Å². The van der Waals surface area contributed by atoms with Crippen molar-refractivity contribution >= 4 is 16.3 Å². The zero-order valence-corrected chi connectivity index (χ0v) is 29.9. The summed E-state index contributed by atoms with van der Waals surface area (Å²) in [5, 5.41) is 7.60. The Morgan fingerprint density at radius 3 is 1.49 bits per heavy atom. The van der Waals surface area contributed by atoms with Gasteiger partial charge in [0.1, 0.15) is 5.69 Å². The van der Waals surface area contributed by atoms with Gasteiger partial charge in [0.25, 0.3) is 0 Å². The summed E-state index contributed by atoms with van der Waals surface area (Å²) in [6, 6.07) is 72.0. The summed E-state index contributed by atoms with van der Waals surface area (Å²) in [7, 11) is 0. The molecule has 0 N–H and O–H groups in total. The van der Waals surface area contributed by atoms with E-state index in [1.807, 2.05) is 24.3 Å². The van der Waals surface area contributed by atoms with E-state index in [1.165, 1.54) is 5.56 Å². The van der Waals surface area contributed by atoms with Gasteiger partial charge in [0.05, 0.1) is 22.6 Å². The number of hydrogen-bond acceptors (Lipinski definition) is 3. The molecule has 4 heteroatoms. The molecule has 0 aliphatic rings. The quantitative estimate of drug-likeness (QED) is 0.166. The Kier molecular flexibility index (Phi) is 8.12. The van der Waals surface area contributed by atoms with Gasteiger partial charge in [-0.15, -0.1) is 0 Å². The third-order valence-corrected chi connectivity index (χ3v) is 10.2. The number of hydrogen-bond donors (Lipinski definition) is 0. The monoisotopic (exact) mass is 702 g/mol. The summed E-state index contributed by atoms with van der Waals surface area (Å²) in [5.41, 5.74) is 14.5. The van der Waals surface area contributed by atoms with Crippen molar-refractivity contribution in [3.8, 4) is 78.7 Å². The largest absolute Gasteiger partial charge is 0.231 e. The van der Waals surface area contributed by atoms with Crippen molar-refractivity contribution in [2.75, 3.05) is 0 Å². The maximum atomic E-state index is 5.38. The fourth-order valence-electron chi connectivity index (χ4n) is 7.55. The fourth-order valence-corrected chi connectivity index (χ4v) is 7.55. The molecule has 55 heavy (non-hydrogen) atoms. The molecule has 10 rings (SSSR count). The average Bonchev–Trinajstić information content (AvgIpc) is 3.68. The summed E-state index contributed by atoms with van der Waals surface area (Å²) >= 11 is 0. The second kappa shape index (κ2) is 13.8. The van der Waals surface area contributed by atoms with Gasteiger partial charge in [0.2, 0.25) is 0 Å². The van der Waals surface area contributed by atoms with Crippen LogP contribution in [-0.2, 0) is 0 Å². The van der Waals surface area contributed by atoms with Gasteiger partial charge < -0.3 is 0 Å². The lowest BCUT2D eigenvalue weighted by molar-refractivity contribution is 0.979. The number of fused-ring (bicyclic) bond motifs is 3. The molecule has 0 saturated carbocycles. The highest BCUT2D eigenvalue weighted by molar-refractivity contribution is 6.09. The Bertz CT molecular complexity index is 2940. The Balaban J connectivity index is 1.22. The average molecular weight is 703 g/mol. The van der Waals surface area contributed by atoms with Crippen LogP contribution in [0.5, 0.6) is 0 Å².